The Morgan fingerprint density at radius 3 is 2.87 bits per heavy atom. The topological polar surface area (TPSA) is 45.1 Å². The van der Waals surface area contributed by atoms with E-state index < -0.39 is 11.5 Å². The summed E-state index contributed by atoms with van der Waals surface area (Å²) in [7, 11) is 0. The lowest BCUT2D eigenvalue weighted by molar-refractivity contribution is -0.0235. The fourth-order valence-electron chi connectivity index (χ4n) is 1.82. The lowest BCUT2D eigenvalue weighted by atomic mass is 9.77. The predicted octanol–water partition coefficient (Wildman–Crippen LogP) is 2.31. The number of anilines is 1. The number of aliphatic hydroxyl groups is 1. The number of nitrogens with one attached hydrogen (secondary N) is 1. The molecule has 1 fully saturated rings. The van der Waals surface area contributed by atoms with Crippen molar-refractivity contribution in [2.24, 2.45) is 0 Å². The van der Waals surface area contributed by atoms with E-state index in [0.717, 1.165) is 4.47 Å². The van der Waals surface area contributed by atoms with Crippen molar-refractivity contribution in [2.45, 2.75) is 31.4 Å². The molecule has 0 atom stereocenters. The lowest BCUT2D eigenvalue weighted by Gasteiger charge is -2.41. The van der Waals surface area contributed by atoms with Crippen molar-refractivity contribution < 1.29 is 9.50 Å². The van der Waals surface area contributed by atoms with Crippen LogP contribution in [-0.4, -0.2) is 21.7 Å². The van der Waals surface area contributed by atoms with Gasteiger partial charge in [-0.25, -0.2) is 4.98 Å². The number of aromatic nitrogens is 1. The molecule has 3 nitrogen and oxygen atoms in total. The second kappa shape index (κ2) is 3.72. The minimum atomic E-state index is -0.586. The standard InChI is InChI=1S/C10H12BrFN2O/c1-10(15)4-6(5-10)13-9-7(11)2-3-8(12)14-9/h2-3,6,15H,4-5H2,1H3,(H,13,14). The average molecular weight is 275 g/mol. The third-order valence-electron chi connectivity index (χ3n) is 2.53. The lowest BCUT2D eigenvalue weighted by Crippen LogP contribution is -2.48. The van der Waals surface area contributed by atoms with Gasteiger partial charge in [-0.05, 0) is 47.8 Å². The van der Waals surface area contributed by atoms with E-state index in [9.17, 15) is 9.50 Å². The van der Waals surface area contributed by atoms with Gasteiger partial charge in [0.15, 0.2) is 0 Å². The highest BCUT2D eigenvalue weighted by molar-refractivity contribution is 9.10. The number of pyridine rings is 1. The molecule has 15 heavy (non-hydrogen) atoms. The highest BCUT2D eigenvalue weighted by Crippen LogP contribution is 2.34. The third kappa shape index (κ3) is 2.46. The van der Waals surface area contributed by atoms with Crippen LogP contribution in [0.15, 0.2) is 16.6 Å². The van der Waals surface area contributed by atoms with Gasteiger partial charge in [-0.1, -0.05) is 0 Å². The van der Waals surface area contributed by atoms with Crippen LogP contribution in [-0.2, 0) is 0 Å². The summed E-state index contributed by atoms with van der Waals surface area (Å²) in [6, 6.07) is 3.08. The van der Waals surface area contributed by atoms with Crippen molar-refractivity contribution in [3.05, 3.63) is 22.6 Å². The average Bonchev–Trinajstić information content (AvgIpc) is 2.08. The van der Waals surface area contributed by atoms with Crippen molar-refractivity contribution in [1.29, 1.82) is 0 Å². The first-order valence-corrected chi connectivity index (χ1v) is 5.56. The largest absolute Gasteiger partial charge is 0.390 e. The molecule has 0 amide bonds. The maximum atomic E-state index is 12.9. The summed E-state index contributed by atoms with van der Waals surface area (Å²) < 4.78 is 13.6. The van der Waals surface area contributed by atoms with Gasteiger partial charge in [0.1, 0.15) is 5.82 Å². The molecular formula is C10H12BrFN2O. The van der Waals surface area contributed by atoms with Gasteiger partial charge < -0.3 is 10.4 Å². The molecule has 0 unspecified atom stereocenters. The summed E-state index contributed by atoms with van der Waals surface area (Å²) in [5.41, 5.74) is -0.586. The van der Waals surface area contributed by atoms with E-state index in [1.807, 2.05) is 0 Å². The predicted molar refractivity (Wildman–Crippen MR) is 59.2 cm³/mol. The second-order valence-corrected chi connectivity index (χ2v) is 5.07. The first-order chi connectivity index (χ1) is 6.96. The third-order valence-corrected chi connectivity index (χ3v) is 3.17. The molecule has 5 heteroatoms. The van der Waals surface area contributed by atoms with E-state index in [0.29, 0.717) is 18.7 Å². The molecule has 0 aliphatic heterocycles. The molecule has 0 aromatic carbocycles. The smallest absolute Gasteiger partial charge is 0.214 e. The first kappa shape index (κ1) is 10.8. The fraction of sp³-hybridized carbons (Fsp3) is 0.500. The molecule has 0 saturated heterocycles. The molecule has 2 N–H and O–H groups in total. The Balaban J connectivity index is 2.03. The summed E-state index contributed by atoms with van der Waals surface area (Å²) in [6.45, 7) is 1.79. The monoisotopic (exact) mass is 274 g/mol. The van der Waals surface area contributed by atoms with Crippen LogP contribution in [0.2, 0.25) is 0 Å². The number of nitrogens with zero attached hydrogens (tertiary/aromatic N) is 1. The highest BCUT2D eigenvalue weighted by Gasteiger charge is 2.38. The zero-order chi connectivity index (χ0) is 11.1. The molecule has 0 bridgehead atoms. The van der Waals surface area contributed by atoms with E-state index in [1.165, 1.54) is 6.07 Å². The molecule has 2 rings (SSSR count). The molecular weight excluding hydrogens is 263 g/mol. The number of halogens is 2. The zero-order valence-electron chi connectivity index (χ0n) is 8.30. The Labute approximate surface area is 95.8 Å². The van der Waals surface area contributed by atoms with Gasteiger partial charge in [0.25, 0.3) is 0 Å². The van der Waals surface area contributed by atoms with Crippen LogP contribution in [0.25, 0.3) is 0 Å². The van der Waals surface area contributed by atoms with E-state index in [1.54, 1.807) is 13.0 Å². The molecule has 0 radical (unpaired) electrons. The number of hydrogen-bond donors (Lipinski definition) is 2. The van der Waals surface area contributed by atoms with Gasteiger partial charge in [-0.15, -0.1) is 0 Å². The Hall–Kier alpha value is -0.680. The highest BCUT2D eigenvalue weighted by atomic mass is 79.9. The van der Waals surface area contributed by atoms with Crippen molar-refractivity contribution in [3.63, 3.8) is 0 Å². The maximum absolute atomic E-state index is 12.9. The fourth-order valence-corrected chi connectivity index (χ4v) is 2.15. The Morgan fingerprint density at radius 2 is 2.27 bits per heavy atom. The van der Waals surface area contributed by atoms with Gasteiger partial charge in [0.2, 0.25) is 5.95 Å². The van der Waals surface area contributed by atoms with E-state index in [4.69, 9.17) is 0 Å². The Kier molecular flexibility index (Phi) is 2.68. The first-order valence-electron chi connectivity index (χ1n) is 4.77. The van der Waals surface area contributed by atoms with Crippen molar-refractivity contribution in [1.82, 2.24) is 4.98 Å². The van der Waals surface area contributed by atoms with Gasteiger partial charge in [0, 0.05) is 6.04 Å². The number of rotatable bonds is 2. The van der Waals surface area contributed by atoms with Gasteiger partial charge in [0.05, 0.1) is 10.1 Å². The van der Waals surface area contributed by atoms with Gasteiger partial charge in [-0.2, -0.15) is 4.39 Å². The van der Waals surface area contributed by atoms with Gasteiger partial charge in [-0.3, -0.25) is 0 Å². The van der Waals surface area contributed by atoms with Crippen molar-refractivity contribution in [2.75, 3.05) is 5.32 Å². The molecule has 1 aromatic heterocycles. The summed E-state index contributed by atoms with van der Waals surface area (Å²) in [5.74, 6) is -0.0118. The Morgan fingerprint density at radius 1 is 1.60 bits per heavy atom. The Bertz CT molecular complexity index is 376. The molecule has 1 aliphatic rings. The SMILES string of the molecule is CC1(O)CC(Nc2nc(F)ccc2Br)C1. The van der Waals surface area contributed by atoms with E-state index >= 15 is 0 Å². The number of hydrogen-bond acceptors (Lipinski definition) is 3. The van der Waals surface area contributed by atoms with Crippen LogP contribution < -0.4 is 5.32 Å². The van der Waals surface area contributed by atoms with Crippen LogP contribution in [0.5, 0.6) is 0 Å². The van der Waals surface area contributed by atoms with Crippen LogP contribution >= 0.6 is 15.9 Å². The molecule has 0 spiro atoms. The van der Waals surface area contributed by atoms with Crippen LogP contribution in [0.4, 0.5) is 10.2 Å². The van der Waals surface area contributed by atoms with Gasteiger partial charge >= 0.3 is 0 Å². The summed E-state index contributed by atoms with van der Waals surface area (Å²) in [6.07, 6.45) is 1.33. The molecule has 1 heterocycles. The summed E-state index contributed by atoms with van der Waals surface area (Å²) in [4.78, 5) is 3.74. The van der Waals surface area contributed by atoms with E-state index in [-0.39, 0.29) is 6.04 Å². The second-order valence-electron chi connectivity index (χ2n) is 4.21. The van der Waals surface area contributed by atoms with Crippen molar-refractivity contribution >= 4 is 21.7 Å². The maximum Gasteiger partial charge on any atom is 0.214 e. The molecule has 1 saturated carbocycles. The quantitative estimate of drug-likeness (QED) is 0.814. The minimum Gasteiger partial charge on any atom is -0.390 e. The zero-order valence-corrected chi connectivity index (χ0v) is 9.88. The summed E-state index contributed by atoms with van der Waals surface area (Å²) >= 11 is 3.29. The van der Waals surface area contributed by atoms with Crippen LogP contribution in [0, 0.1) is 5.95 Å². The normalized spacial score (nSPS) is 29.7. The summed E-state index contributed by atoms with van der Waals surface area (Å²) in [5, 5.41) is 12.6. The van der Waals surface area contributed by atoms with E-state index in [2.05, 4.69) is 26.2 Å². The van der Waals surface area contributed by atoms with Crippen LogP contribution in [0.1, 0.15) is 19.8 Å². The molecule has 1 aromatic rings. The molecule has 82 valence electrons. The van der Waals surface area contributed by atoms with Crippen LogP contribution in [0.3, 0.4) is 0 Å². The minimum absolute atomic E-state index is 0.172. The molecule has 1 aliphatic carbocycles. The van der Waals surface area contributed by atoms with Crippen molar-refractivity contribution in [3.8, 4) is 0 Å².